The van der Waals surface area contributed by atoms with Gasteiger partial charge in [0.2, 0.25) is 0 Å². The Kier molecular flexibility index (Phi) is 4.32. The van der Waals surface area contributed by atoms with E-state index in [2.05, 4.69) is 0 Å². The molecule has 0 spiro atoms. The summed E-state index contributed by atoms with van der Waals surface area (Å²) in [7, 11) is 0. The minimum absolute atomic E-state index is 0.0425. The van der Waals surface area contributed by atoms with Crippen molar-refractivity contribution in [2.75, 3.05) is 5.75 Å². The molecule has 0 aliphatic heterocycles. The normalized spacial score (nSPS) is 22.4. The number of rotatable bonds is 4. The lowest BCUT2D eigenvalue weighted by molar-refractivity contribution is -0.150. The molecule has 1 aliphatic carbocycles. The first-order valence-corrected chi connectivity index (χ1v) is 7.32. The van der Waals surface area contributed by atoms with Crippen LogP contribution in [-0.2, 0) is 17.6 Å². The summed E-state index contributed by atoms with van der Waals surface area (Å²) in [6.07, 6.45) is 1.37. The maximum absolute atomic E-state index is 12.2. The van der Waals surface area contributed by atoms with E-state index in [1.807, 2.05) is 24.3 Å². The van der Waals surface area contributed by atoms with Crippen molar-refractivity contribution in [1.29, 1.82) is 0 Å². The summed E-state index contributed by atoms with van der Waals surface area (Å²) >= 11 is -0.139. The lowest BCUT2D eigenvalue weighted by Gasteiger charge is -2.34. The summed E-state index contributed by atoms with van der Waals surface area (Å²) in [6, 6.07) is 7.54. The van der Waals surface area contributed by atoms with Crippen molar-refractivity contribution in [2.24, 2.45) is 5.41 Å². The van der Waals surface area contributed by atoms with E-state index >= 15 is 0 Å². The monoisotopic (exact) mass is 304 g/mol. The number of carboxylic acids is 1. The van der Waals surface area contributed by atoms with Crippen molar-refractivity contribution in [1.82, 2.24) is 0 Å². The van der Waals surface area contributed by atoms with Crippen LogP contribution in [0.5, 0.6) is 0 Å². The molecule has 1 aromatic carbocycles. The van der Waals surface area contributed by atoms with E-state index in [9.17, 15) is 23.1 Å². The van der Waals surface area contributed by atoms with Crippen LogP contribution in [0.4, 0.5) is 13.2 Å². The largest absolute Gasteiger partial charge is 0.481 e. The number of aryl methyl sites for hydroxylation is 1. The van der Waals surface area contributed by atoms with E-state index < -0.39 is 16.9 Å². The first kappa shape index (κ1) is 15.2. The van der Waals surface area contributed by atoms with E-state index in [1.165, 1.54) is 0 Å². The molecule has 2 nitrogen and oxygen atoms in total. The van der Waals surface area contributed by atoms with Crippen molar-refractivity contribution in [3.63, 3.8) is 0 Å². The molecule has 1 N–H and O–H groups in total. The molecule has 110 valence electrons. The minimum Gasteiger partial charge on any atom is -0.481 e. The SMILES string of the molecule is O=C(O)C1(CCSC(F)(F)F)CCc2ccccc2C1. The molecule has 0 heterocycles. The Balaban J connectivity index is 2.11. The molecular formula is C14H15F3O2S. The lowest BCUT2D eigenvalue weighted by Crippen LogP contribution is -2.37. The Morgan fingerprint density at radius 1 is 1.30 bits per heavy atom. The zero-order valence-corrected chi connectivity index (χ0v) is 11.6. The second kappa shape index (κ2) is 5.68. The second-order valence-corrected chi connectivity index (χ2v) is 6.24. The third-order valence-corrected chi connectivity index (χ3v) is 4.56. The van der Waals surface area contributed by atoms with Gasteiger partial charge in [-0.2, -0.15) is 13.2 Å². The van der Waals surface area contributed by atoms with Crippen molar-refractivity contribution >= 4 is 17.7 Å². The summed E-state index contributed by atoms with van der Waals surface area (Å²) < 4.78 is 36.6. The Labute approximate surface area is 119 Å². The molecule has 0 saturated carbocycles. The number of hydrogen-bond donors (Lipinski definition) is 1. The summed E-state index contributed by atoms with van der Waals surface area (Å²) in [6.45, 7) is 0. The van der Waals surface area contributed by atoms with Gasteiger partial charge in [0.05, 0.1) is 5.41 Å². The van der Waals surface area contributed by atoms with Gasteiger partial charge in [-0.1, -0.05) is 36.0 Å². The van der Waals surface area contributed by atoms with Gasteiger partial charge in [0, 0.05) is 5.75 Å². The van der Waals surface area contributed by atoms with Gasteiger partial charge in [-0.3, -0.25) is 4.79 Å². The maximum Gasteiger partial charge on any atom is 0.441 e. The van der Waals surface area contributed by atoms with Gasteiger partial charge in [-0.15, -0.1) is 0 Å². The third kappa shape index (κ3) is 3.48. The summed E-state index contributed by atoms with van der Waals surface area (Å²) in [5.74, 6) is -1.20. The van der Waals surface area contributed by atoms with Crippen LogP contribution in [0.15, 0.2) is 24.3 Å². The highest BCUT2D eigenvalue weighted by Gasteiger charge is 2.42. The van der Waals surface area contributed by atoms with Crippen LogP contribution in [0.2, 0.25) is 0 Å². The Bertz CT molecular complexity index is 501. The smallest absolute Gasteiger partial charge is 0.441 e. The predicted octanol–water partition coefficient (Wildman–Crippen LogP) is 3.89. The molecule has 0 saturated heterocycles. The van der Waals surface area contributed by atoms with E-state index in [0.29, 0.717) is 19.3 Å². The van der Waals surface area contributed by atoms with Gasteiger partial charge in [-0.25, -0.2) is 0 Å². The summed E-state index contributed by atoms with van der Waals surface area (Å²) in [4.78, 5) is 11.6. The summed E-state index contributed by atoms with van der Waals surface area (Å²) in [5, 5.41) is 9.45. The highest BCUT2D eigenvalue weighted by molar-refractivity contribution is 8.00. The Morgan fingerprint density at radius 2 is 1.95 bits per heavy atom. The molecule has 1 aromatic rings. The van der Waals surface area contributed by atoms with Gasteiger partial charge < -0.3 is 5.11 Å². The zero-order valence-electron chi connectivity index (χ0n) is 10.7. The third-order valence-electron chi connectivity index (χ3n) is 3.82. The van der Waals surface area contributed by atoms with Crippen LogP contribution in [-0.4, -0.2) is 22.3 Å². The average Bonchev–Trinajstić information content (AvgIpc) is 2.37. The minimum atomic E-state index is -4.30. The topological polar surface area (TPSA) is 37.3 Å². The van der Waals surface area contributed by atoms with E-state index in [-0.39, 0.29) is 23.9 Å². The van der Waals surface area contributed by atoms with Crippen LogP contribution in [0, 0.1) is 5.41 Å². The number of aliphatic carboxylic acids is 1. The fourth-order valence-corrected chi connectivity index (χ4v) is 3.39. The molecule has 0 aromatic heterocycles. The van der Waals surface area contributed by atoms with Crippen LogP contribution in [0.1, 0.15) is 24.0 Å². The first-order chi connectivity index (χ1) is 9.32. The Morgan fingerprint density at radius 3 is 2.55 bits per heavy atom. The molecule has 0 amide bonds. The molecule has 1 unspecified atom stereocenters. The molecular weight excluding hydrogens is 289 g/mol. The predicted molar refractivity (Wildman–Crippen MR) is 71.7 cm³/mol. The number of hydrogen-bond acceptors (Lipinski definition) is 2. The van der Waals surface area contributed by atoms with Crippen molar-refractivity contribution in [2.45, 2.75) is 31.2 Å². The molecule has 20 heavy (non-hydrogen) atoms. The molecule has 1 atom stereocenters. The Hall–Kier alpha value is -1.17. The fourth-order valence-electron chi connectivity index (χ4n) is 2.67. The van der Waals surface area contributed by atoms with Gasteiger partial charge in [-0.05, 0) is 36.8 Å². The van der Waals surface area contributed by atoms with Crippen LogP contribution >= 0.6 is 11.8 Å². The maximum atomic E-state index is 12.2. The van der Waals surface area contributed by atoms with Crippen molar-refractivity contribution in [3.05, 3.63) is 35.4 Å². The quantitative estimate of drug-likeness (QED) is 0.917. The number of benzene rings is 1. The molecule has 0 bridgehead atoms. The number of halogens is 3. The van der Waals surface area contributed by atoms with E-state index in [4.69, 9.17) is 0 Å². The average molecular weight is 304 g/mol. The lowest BCUT2D eigenvalue weighted by atomic mass is 9.70. The highest BCUT2D eigenvalue weighted by atomic mass is 32.2. The van der Waals surface area contributed by atoms with Crippen molar-refractivity contribution < 1.29 is 23.1 Å². The number of thioether (sulfide) groups is 1. The standard InChI is InChI=1S/C14H15F3O2S/c15-14(16,17)20-8-7-13(12(18)19)6-5-10-3-1-2-4-11(10)9-13/h1-4H,5-9H2,(H,18,19). The first-order valence-electron chi connectivity index (χ1n) is 6.33. The number of fused-ring (bicyclic) bond motifs is 1. The van der Waals surface area contributed by atoms with Gasteiger partial charge in [0.25, 0.3) is 0 Å². The van der Waals surface area contributed by atoms with Crippen LogP contribution in [0.3, 0.4) is 0 Å². The highest BCUT2D eigenvalue weighted by Crippen LogP contribution is 2.41. The number of alkyl halides is 3. The van der Waals surface area contributed by atoms with Gasteiger partial charge >= 0.3 is 11.5 Å². The van der Waals surface area contributed by atoms with Crippen LogP contribution in [0.25, 0.3) is 0 Å². The second-order valence-electron chi connectivity index (χ2n) is 5.08. The molecule has 6 heteroatoms. The van der Waals surface area contributed by atoms with Gasteiger partial charge in [0.1, 0.15) is 0 Å². The zero-order chi connectivity index (χ0) is 14.8. The molecule has 0 fully saturated rings. The van der Waals surface area contributed by atoms with E-state index in [0.717, 1.165) is 11.1 Å². The molecule has 0 radical (unpaired) electrons. The van der Waals surface area contributed by atoms with E-state index in [1.54, 1.807) is 0 Å². The number of carboxylic acid groups (broad SMARTS) is 1. The number of carbonyl (C=O) groups is 1. The van der Waals surface area contributed by atoms with Gasteiger partial charge in [0.15, 0.2) is 0 Å². The molecule has 2 rings (SSSR count). The van der Waals surface area contributed by atoms with Crippen LogP contribution < -0.4 is 0 Å². The van der Waals surface area contributed by atoms with Crippen molar-refractivity contribution in [3.8, 4) is 0 Å². The summed E-state index contributed by atoms with van der Waals surface area (Å²) in [5.41, 5.74) is -3.32. The fraction of sp³-hybridized carbons (Fsp3) is 0.500. The molecule has 1 aliphatic rings.